The maximum atomic E-state index is 5.18. The van der Waals surface area contributed by atoms with Crippen molar-refractivity contribution < 1.29 is 4.74 Å². The van der Waals surface area contributed by atoms with Gasteiger partial charge in [-0.3, -0.25) is 4.40 Å². The fourth-order valence-corrected chi connectivity index (χ4v) is 2.30. The summed E-state index contributed by atoms with van der Waals surface area (Å²) < 4.78 is 7.20. The highest BCUT2D eigenvalue weighted by Crippen LogP contribution is 2.21. The molecule has 0 bridgehead atoms. The first kappa shape index (κ1) is 10.4. The van der Waals surface area contributed by atoms with Crippen molar-refractivity contribution in [2.24, 2.45) is 0 Å². The molecule has 1 aliphatic heterocycles. The Labute approximate surface area is 100 Å². The molecule has 1 fully saturated rings. The van der Waals surface area contributed by atoms with Crippen LogP contribution in [0.25, 0.3) is 5.65 Å². The Morgan fingerprint density at radius 3 is 2.76 bits per heavy atom. The number of rotatable bonds is 2. The summed E-state index contributed by atoms with van der Waals surface area (Å²) in [5.41, 5.74) is 0.838. The summed E-state index contributed by atoms with van der Waals surface area (Å²) in [6, 6.07) is 3.84. The molecule has 0 aliphatic carbocycles. The molecule has 17 heavy (non-hydrogen) atoms. The molecule has 0 spiro atoms. The predicted molar refractivity (Wildman–Crippen MR) is 65.6 cm³/mol. The molecular formula is C12H16N4O. The summed E-state index contributed by atoms with van der Waals surface area (Å²) in [6.45, 7) is 2.15. The third-order valence-corrected chi connectivity index (χ3v) is 3.24. The second-order valence-electron chi connectivity index (χ2n) is 4.34. The van der Waals surface area contributed by atoms with E-state index in [1.165, 1.54) is 19.3 Å². The first-order valence-corrected chi connectivity index (χ1v) is 6.02. The Balaban J connectivity index is 1.99. The number of anilines is 1. The van der Waals surface area contributed by atoms with Crippen LogP contribution in [0.3, 0.4) is 0 Å². The SMILES string of the molecule is COc1ccn2c(N3CCCCC3)nnc2c1. The van der Waals surface area contributed by atoms with Crippen LogP contribution in [0.5, 0.6) is 5.75 Å². The quantitative estimate of drug-likeness (QED) is 0.790. The van der Waals surface area contributed by atoms with Gasteiger partial charge in [0.05, 0.1) is 7.11 Å². The monoisotopic (exact) mass is 232 g/mol. The van der Waals surface area contributed by atoms with Gasteiger partial charge in [0.25, 0.3) is 0 Å². The highest BCUT2D eigenvalue weighted by molar-refractivity contribution is 5.50. The van der Waals surface area contributed by atoms with Crippen molar-refractivity contribution in [1.29, 1.82) is 0 Å². The van der Waals surface area contributed by atoms with Crippen molar-refractivity contribution in [3.05, 3.63) is 18.3 Å². The van der Waals surface area contributed by atoms with Gasteiger partial charge in [0.2, 0.25) is 5.95 Å². The lowest BCUT2D eigenvalue weighted by Gasteiger charge is -2.26. The molecule has 1 aliphatic rings. The summed E-state index contributed by atoms with van der Waals surface area (Å²) >= 11 is 0. The molecule has 0 unspecified atom stereocenters. The van der Waals surface area contributed by atoms with Crippen molar-refractivity contribution in [2.45, 2.75) is 19.3 Å². The van der Waals surface area contributed by atoms with Gasteiger partial charge in [0.1, 0.15) is 5.75 Å². The van der Waals surface area contributed by atoms with Gasteiger partial charge in [-0.15, -0.1) is 10.2 Å². The molecule has 2 aromatic rings. The number of piperidine rings is 1. The van der Waals surface area contributed by atoms with Gasteiger partial charge < -0.3 is 9.64 Å². The molecule has 5 nitrogen and oxygen atoms in total. The molecule has 3 heterocycles. The van der Waals surface area contributed by atoms with E-state index in [0.29, 0.717) is 0 Å². The molecule has 0 atom stereocenters. The summed E-state index contributed by atoms with van der Waals surface area (Å²) in [6.07, 6.45) is 5.77. The maximum Gasteiger partial charge on any atom is 0.231 e. The maximum absolute atomic E-state index is 5.18. The van der Waals surface area contributed by atoms with Crippen molar-refractivity contribution in [1.82, 2.24) is 14.6 Å². The molecular weight excluding hydrogens is 216 g/mol. The van der Waals surface area contributed by atoms with Crippen molar-refractivity contribution >= 4 is 11.6 Å². The first-order valence-electron chi connectivity index (χ1n) is 6.02. The van der Waals surface area contributed by atoms with Gasteiger partial charge in [0, 0.05) is 25.4 Å². The largest absolute Gasteiger partial charge is 0.497 e. The van der Waals surface area contributed by atoms with Crippen LogP contribution in [0.1, 0.15) is 19.3 Å². The molecule has 90 valence electrons. The second-order valence-corrected chi connectivity index (χ2v) is 4.34. The fraction of sp³-hybridized carbons (Fsp3) is 0.500. The van der Waals surface area contributed by atoms with Crippen LogP contribution in [0, 0.1) is 0 Å². The second kappa shape index (κ2) is 4.24. The summed E-state index contributed by atoms with van der Waals surface area (Å²) in [7, 11) is 1.66. The Bertz CT molecular complexity index is 516. The number of nitrogens with zero attached hydrogens (tertiary/aromatic N) is 4. The zero-order valence-electron chi connectivity index (χ0n) is 9.96. The molecule has 0 radical (unpaired) electrons. The summed E-state index contributed by atoms with van der Waals surface area (Å²) in [5, 5.41) is 8.47. The normalized spacial score (nSPS) is 16.4. The van der Waals surface area contributed by atoms with Crippen molar-refractivity contribution in [3.63, 3.8) is 0 Å². The van der Waals surface area contributed by atoms with E-state index in [1.807, 2.05) is 22.7 Å². The van der Waals surface area contributed by atoms with E-state index in [2.05, 4.69) is 15.1 Å². The molecule has 0 N–H and O–H groups in total. The number of hydrogen-bond acceptors (Lipinski definition) is 4. The van der Waals surface area contributed by atoms with Gasteiger partial charge in [-0.25, -0.2) is 0 Å². The molecule has 0 aromatic carbocycles. The smallest absolute Gasteiger partial charge is 0.231 e. The van der Waals surface area contributed by atoms with Crippen LogP contribution >= 0.6 is 0 Å². The average molecular weight is 232 g/mol. The highest BCUT2D eigenvalue weighted by Gasteiger charge is 2.16. The third-order valence-electron chi connectivity index (χ3n) is 3.24. The predicted octanol–water partition coefficient (Wildman–Crippen LogP) is 1.73. The van der Waals surface area contributed by atoms with E-state index < -0.39 is 0 Å². The highest BCUT2D eigenvalue weighted by atomic mass is 16.5. The zero-order chi connectivity index (χ0) is 11.7. The van der Waals surface area contributed by atoms with Crippen LogP contribution in [-0.2, 0) is 0 Å². The lowest BCUT2D eigenvalue weighted by molar-refractivity contribution is 0.414. The van der Waals surface area contributed by atoms with Gasteiger partial charge in [-0.2, -0.15) is 0 Å². The Kier molecular flexibility index (Phi) is 2.59. The zero-order valence-corrected chi connectivity index (χ0v) is 9.96. The molecule has 0 saturated carbocycles. The van der Waals surface area contributed by atoms with Crippen LogP contribution in [-0.4, -0.2) is 34.8 Å². The number of hydrogen-bond donors (Lipinski definition) is 0. The Morgan fingerprint density at radius 1 is 1.18 bits per heavy atom. The molecule has 2 aromatic heterocycles. The minimum atomic E-state index is 0.815. The van der Waals surface area contributed by atoms with E-state index in [-0.39, 0.29) is 0 Å². The lowest BCUT2D eigenvalue weighted by atomic mass is 10.1. The Morgan fingerprint density at radius 2 is 2.00 bits per heavy atom. The minimum absolute atomic E-state index is 0.815. The van der Waals surface area contributed by atoms with E-state index >= 15 is 0 Å². The molecule has 3 rings (SSSR count). The minimum Gasteiger partial charge on any atom is -0.497 e. The number of ether oxygens (including phenoxy) is 1. The average Bonchev–Trinajstić information content (AvgIpc) is 2.82. The number of pyridine rings is 1. The molecule has 1 saturated heterocycles. The topological polar surface area (TPSA) is 42.7 Å². The standard InChI is InChI=1S/C12H16N4O/c1-17-10-5-8-16-11(9-10)13-14-12(16)15-6-3-2-4-7-15/h5,8-9H,2-4,6-7H2,1H3. The van der Waals surface area contributed by atoms with Crippen LogP contribution in [0.15, 0.2) is 18.3 Å². The van der Waals surface area contributed by atoms with Crippen LogP contribution < -0.4 is 9.64 Å². The van der Waals surface area contributed by atoms with Crippen LogP contribution in [0.2, 0.25) is 0 Å². The molecule has 5 heteroatoms. The Hall–Kier alpha value is -1.78. The van der Waals surface area contributed by atoms with Crippen molar-refractivity contribution in [2.75, 3.05) is 25.1 Å². The van der Waals surface area contributed by atoms with Gasteiger partial charge in [0.15, 0.2) is 5.65 Å². The number of fused-ring (bicyclic) bond motifs is 1. The van der Waals surface area contributed by atoms with Gasteiger partial charge in [-0.1, -0.05) is 0 Å². The van der Waals surface area contributed by atoms with Crippen LogP contribution in [0.4, 0.5) is 5.95 Å². The molecule has 0 amide bonds. The number of methoxy groups -OCH3 is 1. The summed E-state index contributed by atoms with van der Waals surface area (Å²) in [4.78, 5) is 2.30. The van der Waals surface area contributed by atoms with E-state index in [9.17, 15) is 0 Å². The first-order chi connectivity index (χ1) is 8.38. The van der Waals surface area contributed by atoms with E-state index in [4.69, 9.17) is 4.74 Å². The lowest BCUT2D eigenvalue weighted by Crippen LogP contribution is -2.31. The fourth-order valence-electron chi connectivity index (χ4n) is 2.30. The van der Waals surface area contributed by atoms with Crippen molar-refractivity contribution in [3.8, 4) is 5.75 Å². The third kappa shape index (κ3) is 1.81. The van der Waals surface area contributed by atoms with Gasteiger partial charge >= 0.3 is 0 Å². The van der Waals surface area contributed by atoms with E-state index in [0.717, 1.165) is 30.4 Å². The van der Waals surface area contributed by atoms with Gasteiger partial charge in [-0.05, 0) is 25.3 Å². The summed E-state index contributed by atoms with van der Waals surface area (Å²) in [5.74, 6) is 1.76. The van der Waals surface area contributed by atoms with E-state index in [1.54, 1.807) is 7.11 Å². The number of aromatic nitrogens is 3.